The van der Waals surface area contributed by atoms with Crippen molar-refractivity contribution in [3.05, 3.63) is 64.1 Å². The Morgan fingerprint density at radius 1 is 1.22 bits per heavy atom. The van der Waals surface area contributed by atoms with Crippen molar-refractivity contribution in [2.24, 2.45) is 0 Å². The van der Waals surface area contributed by atoms with Crippen molar-refractivity contribution in [1.82, 2.24) is 0 Å². The third-order valence-electron chi connectivity index (χ3n) is 3.34. The van der Waals surface area contributed by atoms with E-state index in [2.05, 4.69) is 22.9 Å². The van der Waals surface area contributed by atoms with E-state index in [1.165, 1.54) is 0 Å². The van der Waals surface area contributed by atoms with Gasteiger partial charge in [0.25, 0.3) is 0 Å². The number of hydrogen-bond donors (Lipinski definition) is 1. The Bertz CT molecular complexity index is 693. The molecule has 120 valence electrons. The maximum atomic E-state index is 11.6. The Morgan fingerprint density at radius 2 is 1.96 bits per heavy atom. The Kier molecular flexibility index (Phi) is 6.41. The lowest BCUT2D eigenvalue weighted by Crippen LogP contribution is -2.01. The lowest BCUT2D eigenvalue weighted by atomic mass is 10.0. The van der Waals surface area contributed by atoms with Crippen molar-refractivity contribution in [3.63, 3.8) is 0 Å². The smallest absolute Gasteiger partial charge is 0.336 e. The predicted octanol–water partition coefficient (Wildman–Crippen LogP) is 5.25. The number of benzene rings is 2. The molecule has 0 aliphatic carbocycles. The number of unbranched alkanes of at least 4 members (excludes halogenated alkanes) is 1. The summed E-state index contributed by atoms with van der Waals surface area (Å²) in [6.45, 7) is 2.72. The number of hydrogen-bond acceptors (Lipinski definition) is 2. The highest BCUT2D eigenvalue weighted by molar-refractivity contribution is 9.10. The minimum Gasteiger partial charge on any atom is -0.493 e. The molecule has 4 heteroatoms. The summed E-state index contributed by atoms with van der Waals surface area (Å²) in [5.41, 5.74) is 1.65. The zero-order valence-corrected chi connectivity index (χ0v) is 14.5. The topological polar surface area (TPSA) is 46.5 Å². The zero-order valence-electron chi connectivity index (χ0n) is 13.0. The summed E-state index contributed by atoms with van der Waals surface area (Å²) in [6.07, 6.45) is 3.67. The van der Waals surface area contributed by atoms with Gasteiger partial charge >= 0.3 is 5.97 Å². The molecular weight excluding hydrogens is 356 g/mol. The van der Waals surface area contributed by atoms with E-state index in [1.807, 2.05) is 36.4 Å². The molecule has 3 nitrogen and oxygen atoms in total. The number of carboxylic acid groups (broad SMARTS) is 1. The first-order valence-electron chi connectivity index (χ1n) is 7.54. The molecule has 0 radical (unpaired) electrons. The fourth-order valence-corrected chi connectivity index (χ4v) is 2.51. The number of halogens is 1. The number of carbonyl (C=O) groups is 1. The summed E-state index contributed by atoms with van der Waals surface area (Å²) >= 11 is 3.43. The van der Waals surface area contributed by atoms with Crippen LogP contribution in [0.3, 0.4) is 0 Å². The van der Waals surface area contributed by atoms with Gasteiger partial charge in [-0.2, -0.15) is 0 Å². The fourth-order valence-electron chi connectivity index (χ4n) is 2.13. The molecule has 0 spiro atoms. The van der Waals surface area contributed by atoms with Crippen LogP contribution >= 0.6 is 15.9 Å². The molecular formula is C19H19BrO3. The van der Waals surface area contributed by atoms with Gasteiger partial charge in [-0.15, -0.1) is 0 Å². The standard InChI is InChI=1S/C19H19BrO3/c1-2-3-11-23-18-10-9-16(20)12-15(18)13-17(19(21)22)14-7-5-4-6-8-14/h4-10,12-13H,2-3,11H2,1H3,(H,21,22)/b17-13-. The Hall–Kier alpha value is -2.07. The van der Waals surface area contributed by atoms with Gasteiger partial charge in [-0.3, -0.25) is 0 Å². The van der Waals surface area contributed by atoms with Gasteiger partial charge in [0.2, 0.25) is 0 Å². The van der Waals surface area contributed by atoms with E-state index in [0.29, 0.717) is 17.9 Å². The van der Waals surface area contributed by atoms with E-state index >= 15 is 0 Å². The van der Waals surface area contributed by atoms with Gasteiger partial charge in [-0.25, -0.2) is 4.79 Å². The second kappa shape index (κ2) is 8.53. The summed E-state index contributed by atoms with van der Waals surface area (Å²) in [5.74, 6) is -0.271. The Labute approximate surface area is 144 Å². The van der Waals surface area contributed by atoms with Gasteiger partial charge in [-0.05, 0) is 36.3 Å². The normalized spacial score (nSPS) is 11.3. The zero-order chi connectivity index (χ0) is 16.7. The highest BCUT2D eigenvalue weighted by Crippen LogP contribution is 2.28. The predicted molar refractivity (Wildman–Crippen MR) is 96.5 cm³/mol. The van der Waals surface area contributed by atoms with E-state index in [-0.39, 0.29) is 5.57 Å². The van der Waals surface area contributed by atoms with Gasteiger partial charge in [0.1, 0.15) is 5.75 Å². The van der Waals surface area contributed by atoms with E-state index in [4.69, 9.17) is 4.74 Å². The summed E-state index contributed by atoms with van der Waals surface area (Å²) < 4.78 is 6.67. The van der Waals surface area contributed by atoms with Crippen LogP contribution in [0, 0.1) is 0 Å². The Morgan fingerprint density at radius 3 is 2.61 bits per heavy atom. The van der Waals surface area contributed by atoms with Crippen LogP contribution in [0.2, 0.25) is 0 Å². The number of carboxylic acids is 1. The summed E-state index contributed by atoms with van der Waals surface area (Å²) in [6, 6.07) is 14.7. The molecule has 0 heterocycles. The van der Waals surface area contributed by atoms with Crippen LogP contribution in [0.4, 0.5) is 0 Å². The molecule has 0 aromatic heterocycles. The summed E-state index contributed by atoms with van der Waals surface area (Å²) in [4.78, 5) is 11.6. The van der Waals surface area contributed by atoms with Crippen LogP contribution in [-0.2, 0) is 4.79 Å². The number of aliphatic carboxylic acids is 1. The maximum absolute atomic E-state index is 11.6. The Balaban J connectivity index is 2.41. The molecule has 23 heavy (non-hydrogen) atoms. The molecule has 0 unspecified atom stereocenters. The first-order chi connectivity index (χ1) is 11.1. The van der Waals surface area contributed by atoms with Gasteiger partial charge < -0.3 is 9.84 Å². The maximum Gasteiger partial charge on any atom is 0.336 e. The first kappa shape index (κ1) is 17.3. The molecule has 2 rings (SSSR count). The molecule has 0 atom stereocenters. The largest absolute Gasteiger partial charge is 0.493 e. The van der Waals surface area contributed by atoms with Crippen LogP contribution < -0.4 is 4.74 Å². The third-order valence-corrected chi connectivity index (χ3v) is 3.84. The molecule has 1 N–H and O–H groups in total. The molecule has 2 aromatic carbocycles. The monoisotopic (exact) mass is 374 g/mol. The third kappa shape index (κ3) is 4.96. The summed E-state index contributed by atoms with van der Waals surface area (Å²) in [7, 11) is 0. The van der Waals surface area contributed by atoms with Crippen molar-refractivity contribution in [3.8, 4) is 5.75 Å². The lowest BCUT2D eigenvalue weighted by Gasteiger charge is -2.11. The van der Waals surface area contributed by atoms with Crippen molar-refractivity contribution in [1.29, 1.82) is 0 Å². The van der Waals surface area contributed by atoms with Crippen LogP contribution in [0.1, 0.15) is 30.9 Å². The quantitative estimate of drug-likeness (QED) is 0.408. The minimum absolute atomic E-state index is 0.240. The van der Waals surface area contributed by atoms with E-state index < -0.39 is 5.97 Å². The number of rotatable bonds is 7. The van der Waals surface area contributed by atoms with Crippen molar-refractivity contribution >= 4 is 33.5 Å². The van der Waals surface area contributed by atoms with Crippen LogP contribution in [-0.4, -0.2) is 17.7 Å². The highest BCUT2D eigenvalue weighted by Gasteiger charge is 2.12. The molecule has 0 aliphatic rings. The summed E-state index contributed by atoms with van der Waals surface area (Å²) in [5, 5.41) is 9.54. The van der Waals surface area contributed by atoms with Gasteiger partial charge in [-0.1, -0.05) is 59.6 Å². The van der Waals surface area contributed by atoms with Crippen molar-refractivity contribution < 1.29 is 14.6 Å². The first-order valence-corrected chi connectivity index (χ1v) is 8.34. The van der Waals surface area contributed by atoms with Gasteiger partial charge in [0.15, 0.2) is 0 Å². The highest BCUT2D eigenvalue weighted by atomic mass is 79.9. The molecule has 0 saturated heterocycles. The lowest BCUT2D eigenvalue weighted by molar-refractivity contribution is -0.130. The van der Waals surface area contributed by atoms with Crippen LogP contribution in [0.15, 0.2) is 53.0 Å². The van der Waals surface area contributed by atoms with Crippen LogP contribution in [0.5, 0.6) is 5.75 Å². The van der Waals surface area contributed by atoms with E-state index in [1.54, 1.807) is 18.2 Å². The van der Waals surface area contributed by atoms with Crippen molar-refractivity contribution in [2.75, 3.05) is 6.61 Å². The second-order valence-corrected chi connectivity index (χ2v) is 6.03. The minimum atomic E-state index is -0.962. The molecule has 0 saturated carbocycles. The van der Waals surface area contributed by atoms with Gasteiger partial charge in [0, 0.05) is 10.0 Å². The van der Waals surface area contributed by atoms with E-state index in [0.717, 1.165) is 22.9 Å². The molecule has 0 amide bonds. The molecule has 2 aromatic rings. The number of ether oxygens (including phenoxy) is 1. The molecule has 0 bridgehead atoms. The van der Waals surface area contributed by atoms with Gasteiger partial charge in [0.05, 0.1) is 12.2 Å². The average Bonchev–Trinajstić information content (AvgIpc) is 2.55. The van der Waals surface area contributed by atoms with Crippen LogP contribution in [0.25, 0.3) is 11.6 Å². The fraction of sp³-hybridized carbons (Fsp3) is 0.211. The van der Waals surface area contributed by atoms with E-state index in [9.17, 15) is 9.90 Å². The van der Waals surface area contributed by atoms with Crippen molar-refractivity contribution in [2.45, 2.75) is 19.8 Å². The average molecular weight is 375 g/mol. The molecule has 0 aliphatic heterocycles. The SMILES string of the molecule is CCCCOc1ccc(Br)cc1/C=C(\C(=O)O)c1ccccc1. The molecule has 0 fully saturated rings. The second-order valence-electron chi connectivity index (χ2n) is 5.11.